The van der Waals surface area contributed by atoms with Crippen LogP contribution in [0.1, 0.15) is 12.6 Å². The SMILES string of the molecule is CCOC(=O)N1CCN(c2nn3c(=O)cc(C)nc3s2)CC1. The van der Waals surface area contributed by atoms with E-state index in [0.717, 1.165) is 5.13 Å². The van der Waals surface area contributed by atoms with Crippen LogP contribution in [0.25, 0.3) is 4.96 Å². The normalized spacial score (nSPS) is 15.4. The number of carbonyl (C=O) groups is 1. The van der Waals surface area contributed by atoms with Gasteiger partial charge in [0.05, 0.1) is 6.61 Å². The quantitative estimate of drug-likeness (QED) is 0.811. The molecule has 8 nitrogen and oxygen atoms in total. The summed E-state index contributed by atoms with van der Waals surface area (Å²) in [4.78, 5) is 32.2. The Morgan fingerprint density at radius 3 is 2.77 bits per heavy atom. The van der Waals surface area contributed by atoms with E-state index in [9.17, 15) is 9.59 Å². The van der Waals surface area contributed by atoms with Crippen molar-refractivity contribution in [1.82, 2.24) is 19.5 Å². The van der Waals surface area contributed by atoms with Gasteiger partial charge in [-0.15, -0.1) is 5.10 Å². The number of fused-ring (bicyclic) bond motifs is 1. The molecule has 2 aromatic rings. The molecule has 0 spiro atoms. The topological polar surface area (TPSA) is 80.0 Å². The summed E-state index contributed by atoms with van der Waals surface area (Å²) in [6, 6.07) is 1.47. The highest BCUT2D eigenvalue weighted by Crippen LogP contribution is 2.22. The number of hydrogen-bond donors (Lipinski definition) is 0. The van der Waals surface area contributed by atoms with Gasteiger partial charge < -0.3 is 14.5 Å². The maximum Gasteiger partial charge on any atom is 0.409 e. The van der Waals surface area contributed by atoms with E-state index in [1.807, 2.05) is 0 Å². The molecular weight excluding hydrogens is 306 g/mol. The Morgan fingerprint density at radius 1 is 1.36 bits per heavy atom. The summed E-state index contributed by atoms with van der Waals surface area (Å²) in [6.07, 6.45) is -0.278. The molecule has 9 heteroatoms. The van der Waals surface area contributed by atoms with Gasteiger partial charge in [0, 0.05) is 37.9 Å². The molecule has 3 heterocycles. The molecule has 0 atom stereocenters. The third-order valence-electron chi connectivity index (χ3n) is 3.44. The van der Waals surface area contributed by atoms with Gasteiger partial charge in [0.1, 0.15) is 0 Å². The molecule has 1 amide bonds. The second-order valence-corrected chi connectivity index (χ2v) is 5.92. The second kappa shape index (κ2) is 5.91. The van der Waals surface area contributed by atoms with Crippen molar-refractivity contribution >= 4 is 27.5 Å². The van der Waals surface area contributed by atoms with Crippen LogP contribution in [0.15, 0.2) is 10.9 Å². The molecule has 3 rings (SSSR count). The summed E-state index contributed by atoms with van der Waals surface area (Å²) in [7, 11) is 0. The van der Waals surface area contributed by atoms with Crippen LogP contribution in [0.4, 0.5) is 9.93 Å². The monoisotopic (exact) mass is 323 g/mol. The lowest BCUT2D eigenvalue weighted by atomic mass is 10.3. The van der Waals surface area contributed by atoms with E-state index in [0.29, 0.717) is 43.4 Å². The molecule has 22 heavy (non-hydrogen) atoms. The number of piperazine rings is 1. The maximum atomic E-state index is 11.9. The summed E-state index contributed by atoms with van der Waals surface area (Å²) in [5, 5.41) is 5.08. The number of anilines is 1. The fraction of sp³-hybridized carbons (Fsp3) is 0.538. The van der Waals surface area contributed by atoms with Crippen molar-refractivity contribution in [2.45, 2.75) is 13.8 Å². The second-order valence-electron chi connectivity index (χ2n) is 4.99. The minimum absolute atomic E-state index is 0.171. The number of carbonyl (C=O) groups excluding carboxylic acids is 1. The first-order valence-corrected chi connectivity index (χ1v) is 7.94. The molecule has 0 unspecified atom stereocenters. The van der Waals surface area contributed by atoms with Crippen molar-refractivity contribution in [3.63, 3.8) is 0 Å². The van der Waals surface area contributed by atoms with Crippen molar-refractivity contribution in [2.24, 2.45) is 0 Å². The molecule has 0 bridgehead atoms. The average molecular weight is 323 g/mol. The zero-order valence-electron chi connectivity index (χ0n) is 12.5. The van der Waals surface area contributed by atoms with E-state index in [2.05, 4.69) is 15.0 Å². The highest BCUT2D eigenvalue weighted by molar-refractivity contribution is 7.20. The van der Waals surface area contributed by atoms with E-state index in [1.54, 1.807) is 18.7 Å². The number of aromatic nitrogens is 3. The molecule has 118 valence electrons. The fourth-order valence-electron chi connectivity index (χ4n) is 2.33. The van der Waals surface area contributed by atoms with Crippen LogP contribution in [0.3, 0.4) is 0 Å². The average Bonchev–Trinajstić information content (AvgIpc) is 2.92. The van der Waals surface area contributed by atoms with Crippen molar-refractivity contribution in [3.05, 3.63) is 22.1 Å². The van der Waals surface area contributed by atoms with Crippen molar-refractivity contribution in [1.29, 1.82) is 0 Å². The van der Waals surface area contributed by atoms with Crippen LogP contribution in [0, 0.1) is 6.92 Å². The minimum atomic E-state index is -0.278. The summed E-state index contributed by atoms with van der Waals surface area (Å²) < 4.78 is 6.32. The maximum absolute atomic E-state index is 11.9. The minimum Gasteiger partial charge on any atom is -0.450 e. The highest BCUT2D eigenvalue weighted by Gasteiger charge is 2.24. The molecule has 1 fully saturated rings. The molecule has 0 N–H and O–H groups in total. The van der Waals surface area contributed by atoms with Gasteiger partial charge in [-0.05, 0) is 13.8 Å². The Kier molecular flexibility index (Phi) is 3.97. The molecule has 0 saturated carbocycles. The number of amides is 1. The van der Waals surface area contributed by atoms with Crippen molar-refractivity contribution < 1.29 is 9.53 Å². The van der Waals surface area contributed by atoms with Crippen LogP contribution in [-0.4, -0.2) is 58.4 Å². The van der Waals surface area contributed by atoms with Crippen LogP contribution < -0.4 is 10.5 Å². The van der Waals surface area contributed by atoms with Crippen molar-refractivity contribution in [2.75, 3.05) is 37.7 Å². The molecule has 1 aliphatic rings. The van der Waals surface area contributed by atoms with Crippen LogP contribution >= 0.6 is 11.3 Å². The first-order valence-electron chi connectivity index (χ1n) is 7.12. The Bertz CT molecular complexity index is 748. The number of nitrogens with zero attached hydrogens (tertiary/aromatic N) is 5. The third-order valence-corrected chi connectivity index (χ3v) is 4.41. The first-order chi connectivity index (χ1) is 10.6. The summed E-state index contributed by atoms with van der Waals surface area (Å²) in [5.41, 5.74) is 0.516. The van der Waals surface area contributed by atoms with Gasteiger partial charge in [-0.2, -0.15) is 4.52 Å². The Balaban J connectivity index is 1.75. The van der Waals surface area contributed by atoms with Gasteiger partial charge in [-0.3, -0.25) is 4.79 Å². The number of rotatable bonds is 2. The van der Waals surface area contributed by atoms with Gasteiger partial charge in [0.2, 0.25) is 10.1 Å². The third kappa shape index (κ3) is 2.76. The Morgan fingerprint density at radius 2 is 2.09 bits per heavy atom. The zero-order chi connectivity index (χ0) is 15.7. The van der Waals surface area contributed by atoms with E-state index >= 15 is 0 Å². The van der Waals surface area contributed by atoms with E-state index in [4.69, 9.17) is 4.74 Å². The molecule has 1 aliphatic heterocycles. The lowest BCUT2D eigenvalue weighted by Crippen LogP contribution is -2.49. The number of hydrogen-bond acceptors (Lipinski definition) is 7. The molecule has 2 aromatic heterocycles. The van der Waals surface area contributed by atoms with Crippen LogP contribution in [0.2, 0.25) is 0 Å². The molecule has 0 radical (unpaired) electrons. The van der Waals surface area contributed by atoms with Gasteiger partial charge in [0.15, 0.2) is 0 Å². The van der Waals surface area contributed by atoms with Gasteiger partial charge in [-0.25, -0.2) is 9.78 Å². The largest absolute Gasteiger partial charge is 0.450 e. The van der Waals surface area contributed by atoms with Gasteiger partial charge in [-0.1, -0.05) is 11.3 Å². The lowest BCUT2D eigenvalue weighted by molar-refractivity contribution is 0.105. The van der Waals surface area contributed by atoms with E-state index in [-0.39, 0.29) is 11.7 Å². The summed E-state index contributed by atoms with van der Waals surface area (Å²) in [5.74, 6) is 0. The molecule has 0 aromatic carbocycles. The predicted molar refractivity (Wildman–Crippen MR) is 82.7 cm³/mol. The van der Waals surface area contributed by atoms with Gasteiger partial charge >= 0.3 is 6.09 Å². The highest BCUT2D eigenvalue weighted by atomic mass is 32.1. The summed E-state index contributed by atoms with van der Waals surface area (Å²) in [6.45, 7) is 6.44. The number of ether oxygens (including phenoxy) is 1. The molecule has 1 saturated heterocycles. The standard InChI is InChI=1S/C13H17N5O3S/c1-3-21-13(20)17-6-4-16(5-7-17)12-15-18-10(19)8-9(2)14-11(18)22-12/h8H,3-7H2,1-2H3. The van der Waals surface area contributed by atoms with E-state index < -0.39 is 0 Å². The summed E-state index contributed by atoms with van der Waals surface area (Å²) >= 11 is 1.38. The lowest BCUT2D eigenvalue weighted by Gasteiger charge is -2.33. The van der Waals surface area contributed by atoms with Crippen molar-refractivity contribution in [3.8, 4) is 0 Å². The fourth-order valence-corrected chi connectivity index (χ4v) is 3.34. The first kappa shape index (κ1) is 14.8. The Hall–Kier alpha value is -2.16. The Labute approximate surface area is 130 Å². The zero-order valence-corrected chi connectivity index (χ0v) is 13.3. The van der Waals surface area contributed by atoms with Crippen LogP contribution in [-0.2, 0) is 4.74 Å². The van der Waals surface area contributed by atoms with E-state index in [1.165, 1.54) is 21.9 Å². The molecular formula is C13H17N5O3S. The van der Waals surface area contributed by atoms with Gasteiger partial charge in [0.25, 0.3) is 5.56 Å². The smallest absolute Gasteiger partial charge is 0.409 e. The number of aryl methyl sites for hydroxylation is 1. The predicted octanol–water partition coefficient (Wildman–Crippen LogP) is 0.738. The van der Waals surface area contributed by atoms with Crippen LogP contribution in [0.5, 0.6) is 0 Å². The molecule has 0 aliphatic carbocycles.